The number of rotatable bonds is 2. The quantitative estimate of drug-likeness (QED) is 0.898. The highest BCUT2D eigenvalue weighted by Gasteiger charge is 2.41. The Labute approximate surface area is 118 Å². The fraction of sp³-hybridized carbons (Fsp3) is 0.562. The molecule has 2 saturated carbocycles. The first-order valence-electron chi connectivity index (χ1n) is 7.48. The van der Waals surface area contributed by atoms with Crippen molar-refractivity contribution in [2.75, 3.05) is 6.61 Å². The van der Waals surface area contributed by atoms with E-state index in [-0.39, 0.29) is 5.91 Å². The van der Waals surface area contributed by atoms with E-state index in [2.05, 4.69) is 5.32 Å². The lowest BCUT2D eigenvalue weighted by Gasteiger charge is -2.29. The van der Waals surface area contributed by atoms with E-state index in [1.807, 2.05) is 24.3 Å². The number of carbonyl (C=O) groups is 1. The van der Waals surface area contributed by atoms with Gasteiger partial charge >= 0.3 is 0 Å². The van der Waals surface area contributed by atoms with Gasteiger partial charge in [0, 0.05) is 6.04 Å². The van der Waals surface area contributed by atoms with Crippen LogP contribution in [-0.4, -0.2) is 24.7 Å². The van der Waals surface area contributed by atoms with Crippen LogP contribution >= 0.6 is 0 Å². The second-order valence-corrected chi connectivity index (χ2v) is 6.15. The Kier molecular flexibility index (Phi) is 2.83. The third kappa shape index (κ3) is 2.03. The van der Waals surface area contributed by atoms with Crippen LogP contribution in [0.5, 0.6) is 11.5 Å². The molecule has 4 atom stereocenters. The topological polar surface area (TPSA) is 47.6 Å². The third-order valence-corrected chi connectivity index (χ3v) is 4.87. The molecule has 4 heteroatoms. The second-order valence-electron chi connectivity index (χ2n) is 6.15. The summed E-state index contributed by atoms with van der Waals surface area (Å²) < 4.78 is 11.3. The minimum Gasteiger partial charge on any atom is -0.485 e. The van der Waals surface area contributed by atoms with Gasteiger partial charge in [-0.3, -0.25) is 4.79 Å². The van der Waals surface area contributed by atoms with Gasteiger partial charge in [0.05, 0.1) is 0 Å². The molecule has 106 valence electrons. The van der Waals surface area contributed by atoms with E-state index < -0.39 is 6.10 Å². The monoisotopic (exact) mass is 273 g/mol. The van der Waals surface area contributed by atoms with Gasteiger partial charge in [-0.05, 0) is 43.2 Å². The largest absolute Gasteiger partial charge is 0.485 e. The Hall–Kier alpha value is -1.71. The van der Waals surface area contributed by atoms with E-state index in [9.17, 15) is 4.79 Å². The highest BCUT2D eigenvalue weighted by molar-refractivity contribution is 5.82. The lowest BCUT2D eigenvalue weighted by molar-refractivity contribution is -0.131. The maximum absolute atomic E-state index is 12.3. The Balaban J connectivity index is 1.40. The molecule has 1 aliphatic heterocycles. The smallest absolute Gasteiger partial charge is 0.264 e. The fourth-order valence-corrected chi connectivity index (χ4v) is 3.85. The number of amides is 1. The molecule has 4 rings (SSSR count). The first kappa shape index (κ1) is 12.1. The van der Waals surface area contributed by atoms with Crippen LogP contribution in [0.2, 0.25) is 0 Å². The summed E-state index contributed by atoms with van der Waals surface area (Å²) in [4.78, 5) is 12.3. The number of fused-ring (bicyclic) bond motifs is 3. The Bertz CT molecular complexity index is 530. The van der Waals surface area contributed by atoms with Gasteiger partial charge in [-0.2, -0.15) is 0 Å². The Morgan fingerprint density at radius 1 is 1.15 bits per heavy atom. The van der Waals surface area contributed by atoms with E-state index in [1.165, 1.54) is 19.3 Å². The molecule has 2 aliphatic carbocycles. The van der Waals surface area contributed by atoms with Gasteiger partial charge in [-0.25, -0.2) is 0 Å². The SMILES string of the molecule is O=C(N[C@H]1C[C@H]2CC[C@H]1C2)[C@H]1COc2ccccc2O1. The van der Waals surface area contributed by atoms with Crippen molar-refractivity contribution in [2.24, 2.45) is 11.8 Å². The summed E-state index contributed by atoms with van der Waals surface area (Å²) in [5, 5.41) is 3.17. The van der Waals surface area contributed by atoms with Gasteiger partial charge in [-0.1, -0.05) is 18.6 Å². The molecule has 0 saturated heterocycles. The number of hydrogen-bond acceptors (Lipinski definition) is 3. The van der Waals surface area contributed by atoms with Gasteiger partial charge < -0.3 is 14.8 Å². The van der Waals surface area contributed by atoms with Crippen LogP contribution in [0.25, 0.3) is 0 Å². The summed E-state index contributed by atoms with van der Waals surface area (Å²) in [5.74, 6) is 2.86. The molecule has 1 N–H and O–H groups in total. The molecule has 20 heavy (non-hydrogen) atoms. The van der Waals surface area contributed by atoms with Crippen molar-refractivity contribution < 1.29 is 14.3 Å². The van der Waals surface area contributed by atoms with Crippen LogP contribution in [0.15, 0.2) is 24.3 Å². The van der Waals surface area contributed by atoms with Crippen LogP contribution < -0.4 is 14.8 Å². The van der Waals surface area contributed by atoms with Gasteiger partial charge in [0.25, 0.3) is 5.91 Å². The highest BCUT2D eigenvalue weighted by Crippen LogP contribution is 2.44. The van der Waals surface area contributed by atoms with Crippen LogP contribution in [0, 0.1) is 11.8 Å². The maximum atomic E-state index is 12.3. The standard InChI is InChI=1S/C16H19NO3/c18-16(17-12-8-10-5-6-11(12)7-10)15-9-19-13-3-1-2-4-14(13)20-15/h1-4,10-12,15H,5-9H2,(H,17,18)/t10-,11-,12-,15+/m0/s1. The Morgan fingerprint density at radius 3 is 2.75 bits per heavy atom. The van der Waals surface area contributed by atoms with Crippen molar-refractivity contribution >= 4 is 5.91 Å². The van der Waals surface area contributed by atoms with E-state index in [4.69, 9.17) is 9.47 Å². The van der Waals surface area contributed by atoms with Crippen LogP contribution in [0.3, 0.4) is 0 Å². The maximum Gasteiger partial charge on any atom is 0.264 e. The number of hydrogen-bond donors (Lipinski definition) is 1. The molecular formula is C16H19NO3. The van der Waals surface area contributed by atoms with Gasteiger partial charge in [0.15, 0.2) is 11.5 Å². The predicted octanol–water partition coefficient (Wildman–Crippen LogP) is 2.13. The number of para-hydroxylation sites is 2. The summed E-state index contributed by atoms with van der Waals surface area (Å²) in [5.41, 5.74) is 0. The molecule has 4 nitrogen and oxygen atoms in total. The number of carbonyl (C=O) groups excluding carboxylic acids is 1. The van der Waals surface area contributed by atoms with E-state index >= 15 is 0 Å². The van der Waals surface area contributed by atoms with Crippen molar-refractivity contribution in [3.05, 3.63) is 24.3 Å². The molecule has 1 aromatic carbocycles. The summed E-state index contributed by atoms with van der Waals surface area (Å²) >= 11 is 0. The lowest BCUT2D eigenvalue weighted by Crippen LogP contribution is -2.49. The van der Waals surface area contributed by atoms with Crippen molar-refractivity contribution in [3.8, 4) is 11.5 Å². The second kappa shape index (κ2) is 4.69. The van der Waals surface area contributed by atoms with Crippen molar-refractivity contribution in [2.45, 2.75) is 37.8 Å². The zero-order chi connectivity index (χ0) is 13.5. The minimum atomic E-state index is -0.524. The average Bonchev–Trinajstić information content (AvgIpc) is 3.09. The number of ether oxygens (including phenoxy) is 2. The summed E-state index contributed by atoms with van der Waals surface area (Å²) in [6, 6.07) is 7.84. The molecule has 1 heterocycles. The number of benzene rings is 1. The van der Waals surface area contributed by atoms with Gasteiger partial charge in [0.1, 0.15) is 6.61 Å². The highest BCUT2D eigenvalue weighted by atomic mass is 16.6. The van der Waals surface area contributed by atoms with Gasteiger partial charge in [-0.15, -0.1) is 0 Å². The molecule has 0 aromatic heterocycles. The van der Waals surface area contributed by atoms with E-state index in [0.717, 1.165) is 18.1 Å². The van der Waals surface area contributed by atoms with Gasteiger partial charge in [0.2, 0.25) is 6.10 Å². The molecular weight excluding hydrogens is 254 g/mol. The third-order valence-electron chi connectivity index (χ3n) is 4.87. The molecule has 1 amide bonds. The predicted molar refractivity (Wildman–Crippen MR) is 73.7 cm³/mol. The van der Waals surface area contributed by atoms with Crippen LogP contribution in [0.1, 0.15) is 25.7 Å². The molecule has 3 aliphatic rings. The molecule has 0 spiro atoms. The van der Waals surface area contributed by atoms with Crippen molar-refractivity contribution in [3.63, 3.8) is 0 Å². The summed E-state index contributed by atoms with van der Waals surface area (Å²) in [6.45, 7) is 0.295. The van der Waals surface area contributed by atoms with Crippen molar-refractivity contribution in [1.82, 2.24) is 5.32 Å². The first-order chi connectivity index (χ1) is 9.79. The van der Waals surface area contributed by atoms with E-state index in [0.29, 0.717) is 24.3 Å². The normalized spacial score (nSPS) is 34.0. The first-order valence-corrected chi connectivity index (χ1v) is 7.48. The average molecular weight is 273 g/mol. The lowest BCUT2D eigenvalue weighted by atomic mass is 9.95. The molecule has 2 fully saturated rings. The minimum absolute atomic E-state index is 0.0305. The number of nitrogens with one attached hydrogen (secondary N) is 1. The van der Waals surface area contributed by atoms with Crippen LogP contribution in [0.4, 0.5) is 0 Å². The molecule has 0 unspecified atom stereocenters. The zero-order valence-corrected chi connectivity index (χ0v) is 11.4. The van der Waals surface area contributed by atoms with Crippen LogP contribution in [-0.2, 0) is 4.79 Å². The summed E-state index contributed by atoms with van der Waals surface area (Å²) in [7, 11) is 0. The zero-order valence-electron chi connectivity index (χ0n) is 11.4. The fourth-order valence-electron chi connectivity index (χ4n) is 3.85. The van der Waals surface area contributed by atoms with Crippen molar-refractivity contribution in [1.29, 1.82) is 0 Å². The molecule has 0 radical (unpaired) electrons. The molecule has 2 bridgehead atoms. The summed E-state index contributed by atoms with van der Waals surface area (Å²) in [6.07, 6.45) is 4.51. The molecule has 1 aromatic rings. The Morgan fingerprint density at radius 2 is 2.00 bits per heavy atom. The van der Waals surface area contributed by atoms with E-state index in [1.54, 1.807) is 0 Å².